The Labute approximate surface area is 109 Å². The van der Waals surface area contributed by atoms with Crippen molar-refractivity contribution in [2.24, 2.45) is 5.92 Å². The Morgan fingerprint density at radius 1 is 1.61 bits per heavy atom. The van der Waals surface area contributed by atoms with Crippen molar-refractivity contribution >= 4 is 5.82 Å². The van der Waals surface area contributed by atoms with Crippen LogP contribution in [0, 0.1) is 5.92 Å². The van der Waals surface area contributed by atoms with Crippen LogP contribution in [0.25, 0.3) is 0 Å². The number of nitrogens with zero attached hydrogens (tertiary/aromatic N) is 2. The van der Waals surface area contributed by atoms with Gasteiger partial charge >= 0.3 is 0 Å². The van der Waals surface area contributed by atoms with Crippen LogP contribution in [0.5, 0.6) is 0 Å². The first-order chi connectivity index (χ1) is 8.76. The van der Waals surface area contributed by atoms with Gasteiger partial charge in [0, 0.05) is 43.9 Å². The summed E-state index contributed by atoms with van der Waals surface area (Å²) in [5, 5.41) is 3.29. The topological polar surface area (TPSA) is 37.4 Å². The zero-order valence-electron chi connectivity index (χ0n) is 11.5. The molecule has 2 heterocycles. The summed E-state index contributed by atoms with van der Waals surface area (Å²) in [6.45, 7) is 5.15. The van der Waals surface area contributed by atoms with Crippen LogP contribution in [0.4, 0.5) is 5.82 Å². The summed E-state index contributed by atoms with van der Waals surface area (Å²) < 4.78 is 5.25. The van der Waals surface area contributed by atoms with E-state index in [1.807, 2.05) is 19.3 Å². The molecule has 0 radical (unpaired) electrons. The predicted molar refractivity (Wildman–Crippen MR) is 73.9 cm³/mol. The lowest BCUT2D eigenvalue weighted by Crippen LogP contribution is -2.25. The molecule has 0 aromatic carbocycles. The highest BCUT2D eigenvalue weighted by molar-refractivity contribution is 5.49. The molecule has 2 atom stereocenters. The molecular formula is C14H23N3O. The number of nitrogens with one attached hydrogen (secondary N) is 1. The maximum absolute atomic E-state index is 5.25. The zero-order valence-corrected chi connectivity index (χ0v) is 11.5. The van der Waals surface area contributed by atoms with Crippen LogP contribution in [0.15, 0.2) is 18.3 Å². The molecule has 0 amide bonds. The van der Waals surface area contributed by atoms with Crippen molar-refractivity contribution in [1.82, 2.24) is 10.3 Å². The third-order valence-electron chi connectivity index (χ3n) is 3.70. The largest absolute Gasteiger partial charge is 0.384 e. The predicted octanol–water partition coefficient (Wildman–Crippen LogP) is 1.83. The van der Waals surface area contributed by atoms with E-state index in [4.69, 9.17) is 4.74 Å². The molecule has 100 valence electrons. The lowest BCUT2D eigenvalue weighted by Gasteiger charge is -2.23. The summed E-state index contributed by atoms with van der Waals surface area (Å²) in [5.41, 5.74) is 1.28. The minimum atomic E-state index is 0.329. The monoisotopic (exact) mass is 249 g/mol. The van der Waals surface area contributed by atoms with Crippen LogP contribution in [-0.2, 0) is 4.74 Å². The normalized spacial score (nSPS) is 21.3. The second-order valence-electron chi connectivity index (χ2n) is 4.98. The molecule has 0 saturated carbocycles. The molecule has 1 aromatic rings. The number of methoxy groups -OCH3 is 1. The Kier molecular flexibility index (Phi) is 4.55. The van der Waals surface area contributed by atoms with Gasteiger partial charge in [0.1, 0.15) is 5.82 Å². The number of pyridine rings is 1. The Balaban J connectivity index is 2.14. The van der Waals surface area contributed by atoms with Gasteiger partial charge in [0.05, 0.1) is 6.61 Å². The van der Waals surface area contributed by atoms with Crippen molar-refractivity contribution in [3.63, 3.8) is 0 Å². The molecule has 2 rings (SSSR count). The Bertz CT molecular complexity index is 383. The fourth-order valence-corrected chi connectivity index (χ4v) is 2.56. The van der Waals surface area contributed by atoms with E-state index in [0.29, 0.717) is 12.0 Å². The SMILES string of the molecule is CNC(C)c1cccnc1N1CCC(COC)C1. The molecular weight excluding hydrogens is 226 g/mol. The lowest BCUT2D eigenvalue weighted by molar-refractivity contribution is 0.161. The van der Waals surface area contributed by atoms with Crippen LogP contribution < -0.4 is 10.2 Å². The van der Waals surface area contributed by atoms with Crippen molar-refractivity contribution in [1.29, 1.82) is 0 Å². The summed E-state index contributed by atoms with van der Waals surface area (Å²) in [4.78, 5) is 6.95. The summed E-state index contributed by atoms with van der Waals surface area (Å²) in [5.74, 6) is 1.76. The molecule has 1 N–H and O–H groups in total. The Hall–Kier alpha value is -1.13. The number of aromatic nitrogens is 1. The lowest BCUT2D eigenvalue weighted by atomic mass is 10.1. The smallest absolute Gasteiger partial charge is 0.133 e. The third kappa shape index (κ3) is 2.82. The quantitative estimate of drug-likeness (QED) is 0.864. The number of hydrogen-bond acceptors (Lipinski definition) is 4. The minimum Gasteiger partial charge on any atom is -0.384 e. The van der Waals surface area contributed by atoms with E-state index in [2.05, 4.69) is 28.2 Å². The van der Waals surface area contributed by atoms with Crippen molar-refractivity contribution in [2.45, 2.75) is 19.4 Å². The van der Waals surface area contributed by atoms with Gasteiger partial charge in [0.15, 0.2) is 0 Å². The number of anilines is 1. The van der Waals surface area contributed by atoms with Gasteiger partial charge in [0.25, 0.3) is 0 Å². The first kappa shape index (κ1) is 13.3. The molecule has 0 spiro atoms. The van der Waals surface area contributed by atoms with E-state index in [1.165, 1.54) is 12.0 Å². The zero-order chi connectivity index (χ0) is 13.0. The first-order valence-corrected chi connectivity index (χ1v) is 6.62. The molecule has 18 heavy (non-hydrogen) atoms. The average Bonchev–Trinajstić information content (AvgIpc) is 2.87. The van der Waals surface area contributed by atoms with Crippen molar-refractivity contribution in [3.05, 3.63) is 23.9 Å². The van der Waals surface area contributed by atoms with Crippen LogP contribution in [0.3, 0.4) is 0 Å². The highest BCUT2D eigenvalue weighted by atomic mass is 16.5. The van der Waals surface area contributed by atoms with Crippen molar-refractivity contribution in [2.75, 3.05) is 38.8 Å². The van der Waals surface area contributed by atoms with E-state index in [-0.39, 0.29) is 0 Å². The number of hydrogen-bond donors (Lipinski definition) is 1. The van der Waals surface area contributed by atoms with Gasteiger partial charge in [-0.1, -0.05) is 6.07 Å². The van der Waals surface area contributed by atoms with Crippen LogP contribution >= 0.6 is 0 Å². The highest BCUT2D eigenvalue weighted by Crippen LogP contribution is 2.28. The molecule has 1 saturated heterocycles. The molecule has 4 heteroatoms. The summed E-state index contributed by atoms with van der Waals surface area (Å²) >= 11 is 0. The van der Waals surface area contributed by atoms with E-state index in [1.54, 1.807) is 7.11 Å². The molecule has 0 bridgehead atoms. The van der Waals surface area contributed by atoms with Gasteiger partial charge in [-0.15, -0.1) is 0 Å². The van der Waals surface area contributed by atoms with Gasteiger partial charge in [-0.3, -0.25) is 0 Å². The molecule has 4 nitrogen and oxygen atoms in total. The van der Waals surface area contributed by atoms with Crippen molar-refractivity contribution in [3.8, 4) is 0 Å². The van der Waals surface area contributed by atoms with Gasteiger partial charge in [-0.2, -0.15) is 0 Å². The second-order valence-corrected chi connectivity index (χ2v) is 4.98. The summed E-state index contributed by atoms with van der Waals surface area (Å²) in [6.07, 6.45) is 3.07. The van der Waals surface area contributed by atoms with Crippen LogP contribution in [0.2, 0.25) is 0 Å². The van der Waals surface area contributed by atoms with E-state index >= 15 is 0 Å². The minimum absolute atomic E-state index is 0.329. The average molecular weight is 249 g/mol. The molecule has 1 fully saturated rings. The van der Waals surface area contributed by atoms with E-state index in [9.17, 15) is 0 Å². The maximum atomic E-state index is 5.25. The van der Waals surface area contributed by atoms with Gasteiger partial charge in [-0.25, -0.2) is 4.98 Å². The number of rotatable bonds is 5. The third-order valence-corrected chi connectivity index (χ3v) is 3.70. The molecule has 2 unspecified atom stereocenters. The van der Waals surface area contributed by atoms with Crippen LogP contribution in [-0.4, -0.2) is 38.8 Å². The van der Waals surface area contributed by atoms with Gasteiger partial charge in [-0.05, 0) is 26.5 Å². The standard InChI is InChI=1S/C14H23N3O/c1-11(15-2)13-5-4-7-16-14(13)17-8-6-12(9-17)10-18-3/h4-5,7,11-12,15H,6,8-10H2,1-3H3. The number of ether oxygens (including phenoxy) is 1. The fraction of sp³-hybridized carbons (Fsp3) is 0.643. The van der Waals surface area contributed by atoms with E-state index < -0.39 is 0 Å². The molecule has 1 aliphatic heterocycles. The van der Waals surface area contributed by atoms with Crippen molar-refractivity contribution < 1.29 is 4.74 Å². The maximum Gasteiger partial charge on any atom is 0.133 e. The summed E-state index contributed by atoms with van der Waals surface area (Å²) in [7, 11) is 3.76. The summed E-state index contributed by atoms with van der Waals surface area (Å²) in [6, 6.07) is 4.50. The Morgan fingerprint density at radius 3 is 3.17 bits per heavy atom. The Morgan fingerprint density at radius 2 is 2.44 bits per heavy atom. The molecule has 0 aliphatic carbocycles. The van der Waals surface area contributed by atoms with Gasteiger partial charge in [0.2, 0.25) is 0 Å². The second kappa shape index (κ2) is 6.16. The fourth-order valence-electron chi connectivity index (χ4n) is 2.56. The van der Waals surface area contributed by atoms with Gasteiger partial charge < -0.3 is 15.0 Å². The van der Waals surface area contributed by atoms with Crippen LogP contribution in [0.1, 0.15) is 24.9 Å². The highest BCUT2D eigenvalue weighted by Gasteiger charge is 2.25. The van der Waals surface area contributed by atoms with E-state index in [0.717, 1.165) is 25.5 Å². The first-order valence-electron chi connectivity index (χ1n) is 6.62. The molecule has 1 aromatic heterocycles. The molecule has 1 aliphatic rings.